The molecule has 0 saturated carbocycles. The van der Waals surface area contributed by atoms with Gasteiger partial charge in [0.15, 0.2) is 0 Å². The van der Waals surface area contributed by atoms with Gasteiger partial charge >= 0.3 is 0 Å². The molecule has 2 heteroatoms. The molecule has 0 amide bonds. The highest BCUT2D eigenvalue weighted by molar-refractivity contribution is 5.02. The van der Waals surface area contributed by atoms with Crippen molar-refractivity contribution in [3.8, 4) is 6.07 Å². The van der Waals surface area contributed by atoms with Crippen LogP contribution in [0.1, 0.15) is 33.6 Å². The van der Waals surface area contributed by atoms with Gasteiger partial charge in [-0.25, -0.2) is 0 Å². The van der Waals surface area contributed by atoms with Gasteiger partial charge in [-0.2, -0.15) is 5.26 Å². The molecule has 0 aromatic heterocycles. The summed E-state index contributed by atoms with van der Waals surface area (Å²) < 4.78 is 0. The molecule has 13 heavy (non-hydrogen) atoms. The van der Waals surface area contributed by atoms with E-state index in [1.807, 2.05) is 0 Å². The molecule has 1 fully saturated rings. The Morgan fingerprint density at radius 3 is 2.77 bits per heavy atom. The van der Waals surface area contributed by atoms with Gasteiger partial charge in [0.2, 0.25) is 0 Å². The summed E-state index contributed by atoms with van der Waals surface area (Å²) in [6.45, 7) is 9.81. The van der Waals surface area contributed by atoms with E-state index in [1.54, 1.807) is 0 Å². The maximum atomic E-state index is 8.96. The molecule has 2 nitrogen and oxygen atoms in total. The summed E-state index contributed by atoms with van der Waals surface area (Å²) in [6, 6.07) is 2.42. The molecule has 1 saturated heterocycles. The Balaban J connectivity index is 2.38. The first-order chi connectivity index (χ1) is 6.09. The lowest BCUT2D eigenvalue weighted by molar-refractivity contribution is 0.265. The fourth-order valence-electron chi connectivity index (χ4n) is 1.87. The molecule has 0 aliphatic carbocycles. The summed E-state index contributed by atoms with van der Waals surface area (Å²) in [5, 5.41) is 8.96. The molecule has 0 bridgehead atoms. The second-order valence-corrected chi connectivity index (χ2v) is 4.67. The molecule has 2 atom stereocenters. The fourth-order valence-corrected chi connectivity index (χ4v) is 1.87. The van der Waals surface area contributed by atoms with Crippen LogP contribution in [-0.2, 0) is 0 Å². The zero-order chi connectivity index (χ0) is 9.90. The second kappa shape index (κ2) is 4.11. The van der Waals surface area contributed by atoms with Crippen LogP contribution < -0.4 is 0 Å². The van der Waals surface area contributed by atoms with E-state index in [0.717, 1.165) is 32.0 Å². The lowest BCUT2D eigenvalue weighted by Gasteiger charge is -2.20. The van der Waals surface area contributed by atoms with Gasteiger partial charge in [0.25, 0.3) is 0 Å². The van der Waals surface area contributed by atoms with Crippen molar-refractivity contribution >= 4 is 0 Å². The van der Waals surface area contributed by atoms with Crippen molar-refractivity contribution in [3.63, 3.8) is 0 Å². The minimum Gasteiger partial charge on any atom is -0.301 e. The van der Waals surface area contributed by atoms with Crippen molar-refractivity contribution < 1.29 is 0 Å². The molecule has 0 N–H and O–H groups in total. The van der Waals surface area contributed by atoms with Crippen LogP contribution in [0.25, 0.3) is 0 Å². The van der Waals surface area contributed by atoms with E-state index in [2.05, 4.69) is 31.7 Å². The number of rotatable bonds is 3. The molecule has 0 aromatic rings. The SMILES string of the molecule is CCC(C)CN1CCC(C)(C#N)C1. The molecule has 1 rings (SSSR count). The van der Waals surface area contributed by atoms with E-state index >= 15 is 0 Å². The number of likely N-dealkylation sites (tertiary alicyclic amines) is 1. The monoisotopic (exact) mass is 180 g/mol. The predicted molar refractivity (Wildman–Crippen MR) is 54.2 cm³/mol. The van der Waals surface area contributed by atoms with Crippen LogP contribution in [0.3, 0.4) is 0 Å². The molecular weight excluding hydrogens is 160 g/mol. The summed E-state index contributed by atoms with van der Waals surface area (Å²) in [7, 11) is 0. The quantitative estimate of drug-likeness (QED) is 0.666. The van der Waals surface area contributed by atoms with Crippen LogP contribution in [0.2, 0.25) is 0 Å². The standard InChI is InChI=1S/C11H20N2/c1-4-10(2)7-13-6-5-11(3,8-12)9-13/h10H,4-7,9H2,1-3H3. The van der Waals surface area contributed by atoms with Crippen LogP contribution >= 0.6 is 0 Å². The summed E-state index contributed by atoms with van der Waals surface area (Å²) in [4.78, 5) is 2.43. The molecule has 2 unspecified atom stereocenters. The summed E-state index contributed by atoms with van der Waals surface area (Å²) >= 11 is 0. The van der Waals surface area contributed by atoms with Gasteiger partial charge in [-0.05, 0) is 25.8 Å². The van der Waals surface area contributed by atoms with Gasteiger partial charge in [0.05, 0.1) is 11.5 Å². The average Bonchev–Trinajstić information content (AvgIpc) is 2.48. The maximum Gasteiger partial charge on any atom is 0.0700 e. The maximum absolute atomic E-state index is 8.96. The highest BCUT2D eigenvalue weighted by Gasteiger charge is 2.33. The smallest absolute Gasteiger partial charge is 0.0700 e. The molecule has 0 spiro atoms. The van der Waals surface area contributed by atoms with Crippen LogP contribution in [0.5, 0.6) is 0 Å². The molecule has 0 aromatic carbocycles. The minimum absolute atomic E-state index is 0.0759. The van der Waals surface area contributed by atoms with E-state index in [9.17, 15) is 0 Å². The number of nitriles is 1. The Bertz CT molecular complexity index is 207. The summed E-state index contributed by atoms with van der Waals surface area (Å²) in [5.41, 5.74) is -0.0759. The van der Waals surface area contributed by atoms with Crippen molar-refractivity contribution in [2.75, 3.05) is 19.6 Å². The fraction of sp³-hybridized carbons (Fsp3) is 0.909. The molecule has 1 heterocycles. The number of nitrogens with zero attached hydrogens (tertiary/aromatic N) is 2. The van der Waals surface area contributed by atoms with Crippen molar-refractivity contribution in [1.29, 1.82) is 5.26 Å². The summed E-state index contributed by atoms with van der Waals surface area (Å²) in [5.74, 6) is 0.765. The highest BCUT2D eigenvalue weighted by Crippen LogP contribution is 2.29. The molecular formula is C11H20N2. The van der Waals surface area contributed by atoms with Gasteiger partial charge in [0.1, 0.15) is 0 Å². The van der Waals surface area contributed by atoms with E-state index in [-0.39, 0.29) is 5.41 Å². The Morgan fingerprint density at radius 2 is 2.31 bits per heavy atom. The Kier molecular flexibility index (Phi) is 3.33. The lowest BCUT2D eigenvalue weighted by Crippen LogP contribution is -2.28. The van der Waals surface area contributed by atoms with Crippen molar-refractivity contribution in [3.05, 3.63) is 0 Å². The topological polar surface area (TPSA) is 27.0 Å². The summed E-state index contributed by atoms with van der Waals surface area (Å²) in [6.07, 6.45) is 2.28. The first-order valence-corrected chi connectivity index (χ1v) is 5.23. The van der Waals surface area contributed by atoms with E-state index in [1.165, 1.54) is 6.42 Å². The van der Waals surface area contributed by atoms with Crippen LogP contribution in [0, 0.1) is 22.7 Å². The van der Waals surface area contributed by atoms with E-state index < -0.39 is 0 Å². The van der Waals surface area contributed by atoms with Crippen LogP contribution in [0.15, 0.2) is 0 Å². The molecule has 1 aliphatic heterocycles. The third-order valence-corrected chi connectivity index (χ3v) is 3.09. The van der Waals surface area contributed by atoms with Crippen LogP contribution in [-0.4, -0.2) is 24.5 Å². The Morgan fingerprint density at radius 1 is 1.62 bits per heavy atom. The third kappa shape index (κ3) is 2.70. The lowest BCUT2D eigenvalue weighted by atomic mass is 9.92. The van der Waals surface area contributed by atoms with Gasteiger partial charge in [0, 0.05) is 13.1 Å². The average molecular weight is 180 g/mol. The second-order valence-electron chi connectivity index (χ2n) is 4.67. The largest absolute Gasteiger partial charge is 0.301 e. The minimum atomic E-state index is -0.0759. The van der Waals surface area contributed by atoms with E-state index in [0.29, 0.717) is 0 Å². The zero-order valence-electron chi connectivity index (χ0n) is 9.01. The Hall–Kier alpha value is -0.550. The number of hydrogen-bond donors (Lipinski definition) is 0. The number of hydrogen-bond acceptors (Lipinski definition) is 2. The molecule has 74 valence electrons. The third-order valence-electron chi connectivity index (χ3n) is 3.09. The molecule has 1 aliphatic rings. The van der Waals surface area contributed by atoms with Crippen molar-refractivity contribution in [2.24, 2.45) is 11.3 Å². The van der Waals surface area contributed by atoms with Crippen LogP contribution in [0.4, 0.5) is 0 Å². The van der Waals surface area contributed by atoms with Gasteiger partial charge in [-0.15, -0.1) is 0 Å². The zero-order valence-corrected chi connectivity index (χ0v) is 9.01. The van der Waals surface area contributed by atoms with Gasteiger partial charge in [-0.1, -0.05) is 20.3 Å². The normalized spacial score (nSPS) is 31.5. The Labute approximate surface area is 81.5 Å². The predicted octanol–water partition coefficient (Wildman–Crippen LogP) is 2.27. The van der Waals surface area contributed by atoms with Gasteiger partial charge < -0.3 is 4.90 Å². The molecule has 0 radical (unpaired) electrons. The van der Waals surface area contributed by atoms with Gasteiger partial charge in [-0.3, -0.25) is 0 Å². The first-order valence-electron chi connectivity index (χ1n) is 5.23. The first kappa shape index (κ1) is 10.5. The van der Waals surface area contributed by atoms with Crippen molar-refractivity contribution in [2.45, 2.75) is 33.6 Å². The van der Waals surface area contributed by atoms with E-state index in [4.69, 9.17) is 5.26 Å². The van der Waals surface area contributed by atoms with Crippen molar-refractivity contribution in [1.82, 2.24) is 4.90 Å². The highest BCUT2D eigenvalue weighted by atomic mass is 15.2.